The molecule has 0 aliphatic carbocycles. The summed E-state index contributed by atoms with van der Waals surface area (Å²) >= 11 is 25.2. The van der Waals surface area contributed by atoms with Crippen LogP contribution in [0.3, 0.4) is 0 Å². The number of thiazole rings is 1. The first-order chi connectivity index (χ1) is 52.9. The number of carbonyl (C=O) groups excluding carboxylic acids is 3. The highest BCUT2D eigenvalue weighted by Crippen LogP contribution is 2.37. The van der Waals surface area contributed by atoms with Crippen LogP contribution in [0.5, 0.6) is 5.75 Å². The summed E-state index contributed by atoms with van der Waals surface area (Å²) in [5, 5.41) is 13.4. The molecule has 7 heterocycles. The van der Waals surface area contributed by atoms with E-state index in [1.165, 1.54) is 49.7 Å². The molecule has 0 saturated carbocycles. The van der Waals surface area contributed by atoms with Crippen molar-refractivity contribution in [2.24, 2.45) is 0 Å². The maximum absolute atomic E-state index is 13.7. The van der Waals surface area contributed by atoms with E-state index in [1.807, 2.05) is 47.8 Å². The van der Waals surface area contributed by atoms with Crippen LogP contribution in [-0.4, -0.2) is 93.2 Å². The van der Waals surface area contributed by atoms with Crippen LogP contribution in [0, 0.1) is 11.6 Å². The minimum Gasteiger partial charge on any atom is -0.497 e. The predicted octanol–water partition coefficient (Wildman–Crippen LogP) is 19.5. The van der Waals surface area contributed by atoms with Crippen LogP contribution in [-0.2, 0) is 51.0 Å². The minimum absolute atomic E-state index is 0.0447. The van der Waals surface area contributed by atoms with Crippen LogP contribution in [0.25, 0.3) is 33.5 Å². The Morgan fingerprint density at radius 3 is 1.81 bits per heavy atom. The van der Waals surface area contributed by atoms with Crippen molar-refractivity contribution in [3.05, 3.63) is 270 Å². The maximum Gasteiger partial charge on any atom is 0.417 e. The summed E-state index contributed by atoms with van der Waals surface area (Å²) in [6.45, 7) is -0.150. The number of sulfone groups is 1. The SMILES string of the molecule is COc1ccc(Cl)c(S(=O)(=O)NC(=O)c2cn3cc(C(F)(F)F)cc(Cl)c3n2)c1.O=C(NCCc1ncc(C(F)(F)F)cc1Cl)c1ccccc1C(F)(F)F.O=C(Nc1ccn(-c2c(F)cccc2F)n1)c1ccccc1C(F)(F)F.O=S(=O)(CCC(F)=C(F)F)c1ncc(Cl)s1.c1ccc(-c2noc(-c3cccs3)n2)cc1. The number of pyridine rings is 2. The van der Waals surface area contributed by atoms with Crippen molar-refractivity contribution < 1.29 is 115 Å². The number of anilines is 1. The second kappa shape index (κ2) is 37.4. The Kier molecular flexibility index (Phi) is 29.1. The number of allylic oxidation sites excluding steroid dienone is 1. The lowest BCUT2D eigenvalue weighted by Crippen LogP contribution is -2.31. The van der Waals surface area contributed by atoms with E-state index in [0.717, 1.165) is 86.5 Å². The highest BCUT2D eigenvalue weighted by molar-refractivity contribution is 7.93. The molecule has 20 nitrogen and oxygen atoms in total. The number of benzene rings is 5. The van der Waals surface area contributed by atoms with Gasteiger partial charge in [-0.25, -0.2) is 49.4 Å². The number of carbonyl (C=O) groups is 3. The van der Waals surface area contributed by atoms with Gasteiger partial charge in [-0.3, -0.25) is 19.4 Å². The van der Waals surface area contributed by atoms with Crippen molar-refractivity contribution in [2.75, 3.05) is 24.7 Å². The number of methoxy groups -OCH3 is 1. The van der Waals surface area contributed by atoms with Gasteiger partial charge in [0.25, 0.3) is 33.6 Å². The van der Waals surface area contributed by atoms with E-state index in [2.05, 4.69) is 40.8 Å². The number of fused-ring (bicyclic) bond motifs is 1. The number of sulfonamides is 1. The zero-order valence-corrected chi connectivity index (χ0v) is 62.3. The molecule has 0 saturated heterocycles. The standard InChI is InChI=1S/C17H10F5N3O.C16H10Cl2F3N3O4S.C16H11ClF6N2O.C12H8N2OS.C7H5ClF3NO2S2/c18-12-6-3-7-13(19)15(12)25-9-8-14(24-25)23-16(26)10-4-1-2-5-11(10)17(20,21)22;1-28-9-2-3-10(17)13(5-9)29(26,27)23-15(25)12-7-24-6-8(16(19,20)21)4-11(18)14(24)22-12;17-12-7-9(15(18,19)20)8-25-13(12)5-6-24-14(26)10-3-1-2-4-11(10)16(21,22)23;1-2-5-9(6-3-1)11-13-12(15-14-11)10-7-4-8-16-10;8-5-3-12-7(15-5)16(13,14)2-1-4(9)6(10)11/h1-9H,(H,23,24,26);2-7H,1H3,(H,23,25);1-4,7-8H,5-6H2,(H,24,26);1-8H;3H,1-2H2. The highest BCUT2D eigenvalue weighted by Gasteiger charge is 2.38. The molecule has 12 rings (SSSR count). The summed E-state index contributed by atoms with van der Waals surface area (Å²) in [5.41, 5.74) is -5.43. The minimum atomic E-state index is -4.70. The fourth-order valence-corrected chi connectivity index (χ4v) is 14.3. The molecule has 0 atom stereocenters. The van der Waals surface area contributed by atoms with Gasteiger partial charge in [0.1, 0.15) is 26.4 Å². The quantitative estimate of drug-likeness (QED) is 0.0716. The number of thiophene rings is 1. The van der Waals surface area contributed by atoms with Crippen LogP contribution in [0.4, 0.5) is 80.5 Å². The van der Waals surface area contributed by atoms with Gasteiger partial charge in [-0.1, -0.05) is 130 Å². The fourth-order valence-electron chi connectivity index (χ4n) is 9.04. The monoisotopic (exact) mass is 1750 g/mol. The van der Waals surface area contributed by atoms with Crippen molar-refractivity contribution in [1.29, 1.82) is 0 Å². The van der Waals surface area contributed by atoms with E-state index < -0.39 is 148 Å². The Morgan fingerprint density at radius 1 is 0.628 bits per heavy atom. The highest BCUT2D eigenvalue weighted by atomic mass is 35.5. The normalized spacial score (nSPS) is 11.7. The van der Waals surface area contributed by atoms with Gasteiger partial charge in [-0.15, -0.1) is 16.4 Å². The van der Waals surface area contributed by atoms with Gasteiger partial charge in [0.2, 0.25) is 20.0 Å². The molecule has 3 N–H and O–H groups in total. The van der Waals surface area contributed by atoms with Crippen LogP contribution < -0.4 is 20.1 Å². The Hall–Kier alpha value is -10.6. The first kappa shape index (κ1) is 88.0. The summed E-state index contributed by atoms with van der Waals surface area (Å²) in [6, 6.07) is 31.8. The smallest absolute Gasteiger partial charge is 0.417 e. The fraction of sp³-hybridized carbons (Fsp3) is 0.132. The van der Waals surface area contributed by atoms with E-state index in [0.29, 0.717) is 47.6 Å². The molecule has 113 heavy (non-hydrogen) atoms. The Morgan fingerprint density at radius 2 is 1.24 bits per heavy atom. The summed E-state index contributed by atoms with van der Waals surface area (Å²) < 4.78 is 278. The van der Waals surface area contributed by atoms with Gasteiger partial charge in [0, 0.05) is 61.9 Å². The number of nitrogens with zero attached hydrogens (tertiary/aromatic N) is 8. The number of nitrogens with one attached hydrogen (secondary N) is 3. The number of halogens is 21. The third kappa shape index (κ3) is 24.0. The molecule has 45 heteroatoms. The van der Waals surface area contributed by atoms with Crippen molar-refractivity contribution >= 4 is 118 Å². The first-order valence-electron chi connectivity index (χ1n) is 30.7. The molecule has 0 radical (unpaired) electrons. The third-order valence-electron chi connectivity index (χ3n) is 14.3. The molecule has 0 unspecified atom stereocenters. The van der Waals surface area contributed by atoms with Crippen LogP contribution >= 0.6 is 69.1 Å². The molecule has 0 aliphatic heterocycles. The predicted molar refractivity (Wildman–Crippen MR) is 380 cm³/mol. The van der Waals surface area contributed by atoms with E-state index in [4.69, 9.17) is 55.7 Å². The van der Waals surface area contributed by atoms with Gasteiger partial charge in [-0.2, -0.15) is 66.4 Å². The lowest BCUT2D eigenvalue weighted by Gasteiger charge is -2.13. The number of rotatable bonds is 17. The molecular weight excluding hydrogens is 1710 g/mol. The van der Waals surface area contributed by atoms with E-state index >= 15 is 0 Å². The second-order valence-corrected chi connectivity index (χ2v) is 29.8. The van der Waals surface area contributed by atoms with Gasteiger partial charge in [0.15, 0.2) is 28.9 Å². The van der Waals surface area contributed by atoms with Gasteiger partial charge >= 0.3 is 30.8 Å². The Labute approximate surface area is 653 Å². The van der Waals surface area contributed by atoms with E-state index in [-0.39, 0.29) is 59.6 Å². The van der Waals surface area contributed by atoms with Crippen LogP contribution in [0.2, 0.25) is 19.4 Å². The summed E-state index contributed by atoms with van der Waals surface area (Å²) in [4.78, 5) is 52.3. The maximum atomic E-state index is 13.7. The second-order valence-electron chi connectivity index (χ2n) is 22.0. The molecule has 5 aromatic carbocycles. The summed E-state index contributed by atoms with van der Waals surface area (Å²) in [5.74, 6) is -6.21. The number of amides is 3. The number of aromatic nitrogens is 8. The number of ether oxygens (including phenoxy) is 1. The molecule has 0 spiro atoms. The molecule has 12 aromatic rings. The molecule has 0 aliphatic rings. The first-order valence-corrected chi connectivity index (χ1v) is 37.1. The summed E-state index contributed by atoms with van der Waals surface area (Å²) in [6.07, 6.45) is -17.6. The van der Waals surface area contributed by atoms with Crippen LogP contribution in [0.1, 0.15) is 65.6 Å². The topological polar surface area (TPSA) is 265 Å². The summed E-state index contributed by atoms with van der Waals surface area (Å²) in [7, 11) is -6.96. The average Bonchev–Trinajstić information content (AvgIpc) is 1.68. The third-order valence-corrected chi connectivity index (χ3v) is 20.8. The van der Waals surface area contributed by atoms with Crippen molar-refractivity contribution in [2.45, 2.75) is 46.8 Å². The zero-order valence-electron chi connectivity index (χ0n) is 56.0. The molecule has 0 fully saturated rings. The van der Waals surface area contributed by atoms with Gasteiger partial charge in [0.05, 0.1) is 78.1 Å². The number of hydrogen-bond donors (Lipinski definition) is 3. The lowest BCUT2D eigenvalue weighted by molar-refractivity contribution is -0.138. The van der Waals surface area contributed by atoms with Crippen molar-refractivity contribution in [1.82, 2.24) is 49.3 Å². The Bertz CT molecular complexity index is 5630. The van der Waals surface area contributed by atoms with Gasteiger partial charge in [-0.05, 0) is 72.1 Å². The van der Waals surface area contributed by atoms with Crippen LogP contribution in [0.15, 0.2) is 208 Å². The van der Waals surface area contributed by atoms with Crippen molar-refractivity contribution in [3.63, 3.8) is 0 Å². The zero-order chi connectivity index (χ0) is 83.1. The van der Waals surface area contributed by atoms with Crippen molar-refractivity contribution in [3.8, 4) is 33.6 Å². The van der Waals surface area contributed by atoms with Gasteiger partial charge < -0.3 is 24.3 Å². The number of imidazole rings is 1. The number of alkyl halides is 12. The van der Waals surface area contributed by atoms with E-state index in [1.54, 1.807) is 16.1 Å². The number of para-hydroxylation sites is 1. The number of hydrogen-bond acceptors (Lipinski definition) is 17. The van der Waals surface area contributed by atoms with E-state index in [9.17, 15) is 106 Å². The lowest BCUT2D eigenvalue weighted by atomic mass is 10.1. The Balaban J connectivity index is 0.000000180. The molecule has 3 amide bonds. The molecule has 0 bridgehead atoms. The molecule has 596 valence electrons. The average molecular weight is 1750 g/mol. The molecular formula is C68H44Cl4F17N11O9S4. The largest absolute Gasteiger partial charge is 0.497 e. The molecule has 7 aromatic heterocycles.